The summed E-state index contributed by atoms with van der Waals surface area (Å²) in [5.41, 5.74) is -0.168. The van der Waals surface area contributed by atoms with Gasteiger partial charge in [-0.15, -0.1) is 0 Å². The van der Waals surface area contributed by atoms with E-state index in [0.29, 0.717) is 0 Å². The monoisotopic (exact) mass is 283 g/mol. The Labute approximate surface area is 111 Å². The zero-order valence-corrected chi connectivity index (χ0v) is 11.4. The Morgan fingerprint density at radius 3 is 2.58 bits per heavy atom. The number of anilines is 1. The number of hydrogen-bond acceptors (Lipinski definition) is 3. The number of carbonyl (C=O) groups excluding carboxylic acids is 1. The van der Waals surface area contributed by atoms with Gasteiger partial charge in [-0.1, -0.05) is 18.2 Å². The first-order chi connectivity index (χ1) is 8.84. The van der Waals surface area contributed by atoms with Gasteiger partial charge < -0.3 is 5.32 Å². The minimum Gasteiger partial charge on any atom is -0.320 e. The molecule has 0 fully saturated rings. The predicted octanol–water partition coefficient (Wildman–Crippen LogP) is 2.30. The molecular formula is C13H14FNO3S. The Morgan fingerprint density at radius 1 is 1.32 bits per heavy atom. The molecule has 1 amide bonds. The molecule has 102 valence electrons. The molecule has 0 atom stereocenters. The van der Waals surface area contributed by atoms with Gasteiger partial charge in [0, 0.05) is 12.3 Å². The van der Waals surface area contributed by atoms with E-state index in [1.54, 1.807) is 19.1 Å². The van der Waals surface area contributed by atoms with Crippen LogP contribution in [0.1, 0.15) is 6.92 Å². The fourth-order valence-corrected chi connectivity index (χ4v) is 1.91. The van der Waals surface area contributed by atoms with Crippen LogP contribution in [-0.2, 0) is 14.6 Å². The SMILES string of the molecule is C/C=C/C=C/C(=O)Nc1cc(S(C)(=O)=O)ccc1F. The van der Waals surface area contributed by atoms with Gasteiger partial charge in [-0.2, -0.15) is 0 Å². The smallest absolute Gasteiger partial charge is 0.248 e. The van der Waals surface area contributed by atoms with Gasteiger partial charge in [0.15, 0.2) is 9.84 Å². The van der Waals surface area contributed by atoms with Crippen LogP contribution in [0.5, 0.6) is 0 Å². The molecule has 1 rings (SSSR count). The van der Waals surface area contributed by atoms with Crippen molar-refractivity contribution >= 4 is 21.4 Å². The van der Waals surface area contributed by atoms with Crippen molar-refractivity contribution in [3.63, 3.8) is 0 Å². The molecule has 19 heavy (non-hydrogen) atoms. The highest BCUT2D eigenvalue weighted by Crippen LogP contribution is 2.19. The lowest BCUT2D eigenvalue weighted by atomic mass is 10.3. The van der Waals surface area contributed by atoms with Gasteiger partial charge in [-0.3, -0.25) is 4.79 Å². The average molecular weight is 283 g/mol. The second kappa shape index (κ2) is 6.29. The molecule has 0 saturated carbocycles. The summed E-state index contributed by atoms with van der Waals surface area (Å²) in [5, 5.41) is 2.28. The van der Waals surface area contributed by atoms with Gasteiger partial charge in [-0.25, -0.2) is 12.8 Å². The number of amides is 1. The third-order valence-electron chi connectivity index (χ3n) is 2.18. The van der Waals surface area contributed by atoms with Gasteiger partial charge in [0.05, 0.1) is 10.6 Å². The quantitative estimate of drug-likeness (QED) is 0.524. The Morgan fingerprint density at radius 2 is 2.00 bits per heavy atom. The maximum Gasteiger partial charge on any atom is 0.248 e. The Balaban J connectivity index is 2.98. The average Bonchev–Trinajstić information content (AvgIpc) is 2.31. The highest BCUT2D eigenvalue weighted by atomic mass is 32.2. The van der Waals surface area contributed by atoms with Crippen molar-refractivity contribution in [3.8, 4) is 0 Å². The largest absolute Gasteiger partial charge is 0.320 e. The number of nitrogens with one attached hydrogen (secondary N) is 1. The summed E-state index contributed by atoms with van der Waals surface area (Å²) in [5.74, 6) is -1.23. The van der Waals surface area contributed by atoms with Crippen molar-refractivity contribution in [2.75, 3.05) is 11.6 Å². The van der Waals surface area contributed by atoms with Crippen molar-refractivity contribution in [1.29, 1.82) is 0 Å². The van der Waals surface area contributed by atoms with Crippen molar-refractivity contribution in [3.05, 3.63) is 48.3 Å². The van der Waals surface area contributed by atoms with Crippen molar-refractivity contribution in [1.82, 2.24) is 0 Å². The van der Waals surface area contributed by atoms with E-state index >= 15 is 0 Å². The third kappa shape index (κ3) is 4.67. The van der Waals surface area contributed by atoms with Crippen LogP contribution in [-0.4, -0.2) is 20.6 Å². The lowest BCUT2D eigenvalue weighted by Crippen LogP contribution is -2.10. The van der Waals surface area contributed by atoms with Crippen LogP contribution in [0.4, 0.5) is 10.1 Å². The molecular weight excluding hydrogens is 269 g/mol. The zero-order chi connectivity index (χ0) is 14.5. The van der Waals surface area contributed by atoms with Crippen molar-refractivity contribution in [2.45, 2.75) is 11.8 Å². The number of rotatable bonds is 4. The lowest BCUT2D eigenvalue weighted by Gasteiger charge is -2.06. The summed E-state index contributed by atoms with van der Waals surface area (Å²) in [6.07, 6.45) is 7.09. The highest BCUT2D eigenvalue weighted by molar-refractivity contribution is 7.90. The Kier molecular flexibility index (Phi) is 5.00. The molecule has 0 aromatic heterocycles. The van der Waals surface area contributed by atoms with Crippen molar-refractivity contribution < 1.29 is 17.6 Å². The Bertz CT molecular complexity index is 633. The molecule has 0 aliphatic carbocycles. The predicted molar refractivity (Wildman–Crippen MR) is 72.1 cm³/mol. The normalized spacial score (nSPS) is 12.2. The summed E-state index contributed by atoms with van der Waals surface area (Å²) in [6.45, 7) is 1.79. The molecule has 1 N–H and O–H groups in total. The molecule has 0 heterocycles. The molecule has 1 aromatic carbocycles. The number of allylic oxidation sites excluding steroid dienone is 3. The summed E-state index contributed by atoms with van der Waals surface area (Å²) < 4.78 is 36.1. The molecule has 1 aromatic rings. The second-order valence-electron chi connectivity index (χ2n) is 3.79. The molecule has 0 saturated heterocycles. The van der Waals surface area contributed by atoms with E-state index in [9.17, 15) is 17.6 Å². The Hall–Kier alpha value is -1.95. The highest BCUT2D eigenvalue weighted by Gasteiger charge is 2.12. The summed E-state index contributed by atoms with van der Waals surface area (Å²) in [6, 6.07) is 3.24. The van der Waals surface area contributed by atoms with E-state index in [1.807, 2.05) is 0 Å². The van der Waals surface area contributed by atoms with Gasteiger partial charge >= 0.3 is 0 Å². The van der Waals surface area contributed by atoms with Crippen LogP contribution >= 0.6 is 0 Å². The molecule has 0 radical (unpaired) electrons. The van der Waals surface area contributed by atoms with Crippen molar-refractivity contribution in [2.24, 2.45) is 0 Å². The minimum atomic E-state index is -3.45. The van der Waals surface area contributed by atoms with Crippen LogP contribution in [0.15, 0.2) is 47.4 Å². The number of benzene rings is 1. The first-order valence-electron chi connectivity index (χ1n) is 5.44. The third-order valence-corrected chi connectivity index (χ3v) is 3.29. The van der Waals surface area contributed by atoms with Crippen LogP contribution in [0.3, 0.4) is 0 Å². The van der Waals surface area contributed by atoms with Gasteiger partial charge in [0.1, 0.15) is 5.82 Å². The van der Waals surface area contributed by atoms with Crippen LogP contribution in [0.25, 0.3) is 0 Å². The molecule has 6 heteroatoms. The first kappa shape index (κ1) is 15.1. The molecule has 0 bridgehead atoms. The topological polar surface area (TPSA) is 63.2 Å². The van der Waals surface area contributed by atoms with E-state index < -0.39 is 21.6 Å². The van der Waals surface area contributed by atoms with Crippen LogP contribution in [0.2, 0.25) is 0 Å². The number of hydrogen-bond donors (Lipinski definition) is 1. The first-order valence-corrected chi connectivity index (χ1v) is 7.33. The standard InChI is InChI=1S/C13H14FNO3S/c1-3-4-5-6-13(16)15-12-9-10(19(2,17)18)7-8-11(12)14/h3-9H,1-2H3,(H,15,16)/b4-3+,6-5+. The van der Waals surface area contributed by atoms with Gasteiger partial charge in [0.25, 0.3) is 0 Å². The summed E-state index contributed by atoms with van der Waals surface area (Å²) >= 11 is 0. The maximum atomic E-state index is 13.5. The van der Waals surface area contributed by atoms with Crippen LogP contribution < -0.4 is 5.32 Å². The van der Waals surface area contributed by atoms with Crippen LogP contribution in [0, 0.1) is 5.82 Å². The second-order valence-corrected chi connectivity index (χ2v) is 5.80. The maximum absolute atomic E-state index is 13.5. The van der Waals surface area contributed by atoms with Gasteiger partial charge in [0.2, 0.25) is 5.91 Å². The van der Waals surface area contributed by atoms with E-state index in [2.05, 4.69) is 5.32 Å². The molecule has 0 unspecified atom stereocenters. The molecule has 4 nitrogen and oxygen atoms in total. The fraction of sp³-hybridized carbons (Fsp3) is 0.154. The minimum absolute atomic E-state index is 0.0540. The number of carbonyl (C=O) groups is 1. The summed E-state index contributed by atoms with van der Waals surface area (Å²) in [7, 11) is -3.45. The number of halogens is 1. The van der Waals surface area contributed by atoms with Gasteiger partial charge in [-0.05, 0) is 25.1 Å². The zero-order valence-electron chi connectivity index (χ0n) is 10.6. The lowest BCUT2D eigenvalue weighted by molar-refractivity contribution is -0.111. The number of sulfone groups is 1. The fourth-order valence-electron chi connectivity index (χ4n) is 1.26. The molecule has 0 spiro atoms. The van der Waals surface area contributed by atoms with E-state index in [-0.39, 0.29) is 10.6 Å². The molecule has 0 aliphatic heterocycles. The molecule has 0 aliphatic rings. The van der Waals surface area contributed by atoms with E-state index in [0.717, 1.165) is 24.5 Å². The van der Waals surface area contributed by atoms with E-state index in [1.165, 1.54) is 12.2 Å². The summed E-state index contributed by atoms with van der Waals surface area (Å²) in [4.78, 5) is 11.4. The van der Waals surface area contributed by atoms with E-state index in [4.69, 9.17) is 0 Å².